The molecule has 5 heteroatoms. The fraction of sp³-hybridized carbons (Fsp3) is 0.417. The van der Waals surface area contributed by atoms with Crippen LogP contribution in [0, 0.1) is 0 Å². The zero-order chi connectivity index (χ0) is 12.8. The Hall–Kier alpha value is -1.42. The van der Waals surface area contributed by atoms with Crippen molar-refractivity contribution >= 4 is 17.6 Å². The Morgan fingerprint density at radius 3 is 2.71 bits per heavy atom. The number of hydrogen-bond donors (Lipinski definition) is 2. The summed E-state index contributed by atoms with van der Waals surface area (Å²) in [5.41, 5.74) is 0.665. The maximum atomic E-state index is 10.9. The van der Waals surface area contributed by atoms with Gasteiger partial charge in [0.25, 0.3) is 0 Å². The molecule has 1 aromatic rings. The zero-order valence-corrected chi connectivity index (χ0v) is 10.3. The number of halogens is 1. The van der Waals surface area contributed by atoms with Crippen molar-refractivity contribution in [2.24, 2.45) is 0 Å². The Bertz CT molecular complexity index is 404. The molecule has 0 atom stereocenters. The number of esters is 1. The highest BCUT2D eigenvalue weighted by Crippen LogP contribution is 2.35. The van der Waals surface area contributed by atoms with Crippen LogP contribution in [0.4, 0.5) is 0 Å². The number of methoxy groups -OCH3 is 1. The minimum Gasteiger partial charge on any atom is -0.506 e. The number of carbonyl (C=O) groups excluding carboxylic acids is 1. The molecule has 1 rings (SSSR count). The van der Waals surface area contributed by atoms with E-state index in [2.05, 4.69) is 4.74 Å². The number of unbranched alkanes of at least 4 members (excludes halogenated alkanes) is 1. The van der Waals surface area contributed by atoms with Crippen LogP contribution in [0.1, 0.15) is 24.8 Å². The average molecular weight is 259 g/mol. The van der Waals surface area contributed by atoms with Crippen molar-refractivity contribution in [3.8, 4) is 11.5 Å². The summed E-state index contributed by atoms with van der Waals surface area (Å²) in [4.78, 5) is 10.9. The molecular formula is C12H15ClO4. The number of phenols is 2. The second-order valence-electron chi connectivity index (χ2n) is 3.69. The molecule has 1 aromatic carbocycles. The van der Waals surface area contributed by atoms with E-state index in [0.29, 0.717) is 24.8 Å². The number of rotatable bonds is 5. The van der Waals surface area contributed by atoms with Gasteiger partial charge in [-0.1, -0.05) is 17.7 Å². The molecule has 17 heavy (non-hydrogen) atoms. The first-order valence-electron chi connectivity index (χ1n) is 5.32. The molecule has 0 aliphatic rings. The van der Waals surface area contributed by atoms with E-state index in [0.717, 1.165) is 6.42 Å². The van der Waals surface area contributed by atoms with E-state index in [1.54, 1.807) is 6.07 Å². The third-order valence-electron chi connectivity index (χ3n) is 2.48. The van der Waals surface area contributed by atoms with Crippen LogP contribution in [0.15, 0.2) is 12.1 Å². The lowest BCUT2D eigenvalue weighted by Crippen LogP contribution is -1.99. The molecule has 0 aliphatic carbocycles. The third kappa shape index (κ3) is 3.82. The summed E-state index contributed by atoms with van der Waals surface area (Å²) in [6.07, 6.45) is 2.39. The molecule has 0 amide bonds. The highest BCUT2D eigenvalue weighted by molar-refractivity contribution is 6.33. The molecule has 0 spiro atoms. The molecule has 0 bridgehead atoms. The summed E-state index contributed by atoms with van der Waals surface area (Å²) in [5, 5.41) is 18.9. The van der Waals surface area contributed by atoms with E-state index in [9.17, 15) is 15.0 Å². The Kier molecular flexibility index (Phi) is 5.10. The summed E-state index contributed by atoms with van der Waals surface area (Å²) in [5.74, 6) is -0.467. The Morgan fingerprint density at radius 1 is 1.35 bits per heavy atom. The molecule has 4 nitrogen and oxygen atoms in total. The molecule has 0 fully saturated rings. The Morgan fingerprint density at radius 2 is 2.06 bits per heavy atom. The van der Waals surface area contributed by atoms with Gasteiger partial charge < -0.3 is 14.9 Å². The maximum Gasteiger partial charge on any atom is 0.305 e. The van der Waals surface area contributed by atoms with E-state index in [-0.39, 0.29) is 22.5 Å². The number of phenolic OH excluding ortho intramolecular Hbond substituents is 2. The van der Waals surface area contributed by atoms with Gasteiger partial charge in [-0.25, -0.2) is 0 Å². The first-order valence-corrected chi connectivity index (χ1v) is 5.70. The lowest BCUT2D eigenvalue weighted by Gasteiger charge is -2.07. The van der Waals surface area contributed by atoms with Gasteiger partial charge in [0.2, 0.25) is 0 Å². The smallest absolute Gasteiger partial charge is 0.305 e. The van der Waals surface area contributed by atoms with Gasteiger partial charge in [-0.05, 0) is 30.9 Å². The van der Waals surface area contributed by atoms with Crippen LogP contribution in [0.5, 0.6) is 11.5 Å². The van der Waals surface area contributed by atoms with Gasteiger partial charge >= 0.3 is 5.97 Å². The Labute approximate surface area is 105 Å². The molecular weight excluding hydrogens is 244 g/mol. The molecule has 0 aromatic heterocycles. The summed E-state index contributed by atoms with van der Waals surface area (Å²) >= 11 is 5.69. The fourth-order valence-electron chi connectivity index (χ4n) is 1.48. The van der Waals surface area contributed by atoms with Crippen LogP contribution in [-0.4, -0.2) is 23.3 Å². The van der Waals surface area contributed by atoms with Crippen molar-refractivity contribution in [1.82, 2.24) is 0 Å². The SMILES string of the molecule is COC(=O)CCCCc1ccc(O)c(Cl)c1O. The first-order chi connectivity index (χ1) is 8.06. The van der Waals surface area contributed by atoms with Crippen LogP contribution in [0.25, 0.3) is 0 Å². The number of carbonyl (C=O) groups is 1. The predicted octanol–water partition coefficient (Wildman–Crippen LogP) is 2.64. The molecule has 2 N–H and O–H groups in total. The van der Waals surface area contributed by atoms with E-state index in [4.69, 9.17) is 11.6 Å². The normalized spacial score (nSPS) is 10.2. The molecule has 0 aliphatic heterocycles. The summed E-state index contributed by atoms with van der Waals surface area (Å²) in [6, 6.07) is 3.06. The van der Waals surface area contributed by atoms with E-state index < -0.39 is 0 Å². The standard InChI is InChI=1S/C12H15ClO4/c1-17-10(15)5-3-2-4-8-6-7-9(14)11(13)12(8)16/h6-7,14,16H,2-5H2,1H3. The zero-order valence-electron chi connectivity index (χ0n) is 9.57. The number of aryl methyl sites for hydroxylation is 1. The van der Waals surface area contributed by atoms with Gasteiger partial charge in [0.05, 0.1) is 7.11 Å². The lowest BCUT2D eigenvalue weighted by molar-refractivity contribution is -0.140. The second-order valence-corrected chi connectivity index (χ2v) is 4.07. The van der Waals surface area contributed by atoms with Crippen molar-refractivity contribution < 1.29 is 19.7 Å². The van der Waals surface area contributed by atoms with Gasteiger partial charge in [0.15, 0.2) is 0 Å². The molecule has 0 unspecified atom stereocenters. The molecule has 0 radical (unpaired) electrons. The highest BCUT2D eigenvalue weighted by Gasteiger charge is 2.10. The molecule has 0 heterocycles. The van der Waals surface area contributed by atoms with Crippen molar-refractivity contribution in [2.45, 2.75) is 25.7 Å². The minimum atomic E-state index is -0.238. The Balaban J connectivity index is 2.47. The van der Waals surface area contributed by atoms with Crippen LogP contribution >= 0.6 is 11.6 Å². The summed E-state index contributed by atoms with van der Waals surface area (Å²) in [7, 11) is 1.36. The quantitative estimate of drug-likeness (QED) is 0.629. The molecule has 0 saturated carbocycles. The van der Waals surface area contributed by atoms with Crippen LogP contribution in [0.2, 0.25) is 5.02 Å². The summed E-state index contributed by atoms with van der Waals surface area (Å²) in [6.45, 7) is 0. The van der Waals surface area contributed by atoms with Crippen molar-refractivity contribution in [3.63, 3.8) is 0 Å². The second kappa shape index (κ2) is 6.35. The van der Waals surface area contributed by atoms with Gasteiger partial charge in [-0.3, -0.25) is 4.79 Å². The number of aromatic hydroxyl groups is 2. The fourth-order valence-corrected chi connectivity index (χ4v) is 1.67. The minimum absolute atomic E-state index is 0.0320. The largest absolute Gasteiger partial charge is 0.506 e. The highest BCUT2D eigenvalue weighted by atomic mass is 35.5. The van der Waals surface area contributed by atoms with Crippen LogP contribution in [-0.2, 0) is 16.0 Å². The van der Waals surface area contributed by atoms with Gasteiger partial charge in [-0.15, -0.1) is 0 Å². The van der Waals surface area contributed by atoms with Crippen molar-refractivity contribution in [2.75, 3.05) is 7.11 Å². The number of ether oxygens (including phenoxy) is 1. The van der Waals surface area contributed by atoms with Crippen molar-refractivity contribution in [3.05, 3.63) is 22.7 Å². The van der Waals surface area contributed by atoms with E-state index >= 15 is 0 Å². The van der Waals surface area contributed by atoms with Gasteiger partial charge in [-0.2, -0.15) is 0 Å². The average Bonchev–Trinajstić information content (AvgIpc) is 2.33. The topological polar surface area (TPSA) is 66.8 Å². The monoisotopic (exact) mass is 258 g/mol. The van der Waals surface area contributed by atoms with E-state index in [1.807, 2.05) is 0 Å². The third-order valence-corrected chi connectivity index (χ3v) is 2.86. The summed E-state index contributed by atoms with van der Waals surface area (Å²) < 4.78 is 4.52. The predicted molar refractivity (Wildman–Crippen MR) is 64.4 cm³/mol. The number of hydrogen-bond acceptors (Lipinski definition) is 4. The van der Waals surface area contributed by atoms with Gasteiger partial charge in [0, 0.05) is 6.42 Å². The van der Waals surface area contributed by atoms with Gasteiger partial charge in [0.1, 0.15) is 16.5 Å². The molecule has 94 valence electrons. The number of benzene rings is 1. The lowest BCUT2D eigenvalue weighted by atomic mass is 10.1. The van der Waals surface area contributed by atoms with Crippen LogP contribution < -0.4 is 0 Å². The molecule has 0 saturated heterocycles. The van der Waals surface area contributed by atoms with Crippen LogP contribution in [0.3, 0.4) is 0 Å². The first kappa shape index (κ1) is 13.6. The van der Waals surface area contributed by atoms with Crippen molar-refractivity contribution in [1.29, 1.82) is 0 Å². The maximum absolute atomic E-state index is 10.9. The van der Waals surface area contributed by atoms with E-state index in [1.165, 1.54) is 13.2 Å².